The van der Waals surface area contributed by atoms with E-state index in [9.17, 15) is 0 Å². The van der Waals surface area contributed by atoms with Crippen LogP contribution in [-0.2, 0) is 13.1 Å². The lowest BCUT2D eigenvalue weighted by molar-refractivity contribution is 0.485. The summed E-state index contributed by atoms with van der Waals surface area (Å²) in [4.78, 5) is 0. The Hall–Kier alpha value is -1.62. The first-order valence-corrected chi connectivity index (χ1v) is 6.72. The first-order chi connectivity index (χ1) is 9.02. The second-order valence-electron chi connectivity index (χ2n) is 4.88. The predicted molar refractivity (Wildman–Crippen MR) is 73.9 cm³/mol. The molecule has 2 heterocycles. The van der Waals surface area contributed by atoms with Gasteiger partial charge in [0.2, 0.25) is 0 Å². The van der Waals surface area contributed by atoms with E-state index in [0.29, 0.717) is 6.54 Å². The average molecular weight is 262 g/mol. The van der Waals surface area contributed by atoms with E-state index in [1.165, 1.54) is 5.56 Å². The zero-order valence-corrected chi connectivity index (χ0v) is 12.3. The molecule has 0 radical (unpaired) electrons. The molecule has 0 aromatic carbocycles. The van der Waals surface area contributed by atoms with Crippen molar-refractivity contribution in [3.05, 3.63) is 34.8 Å². The molecule has 2 aromatic heterocycles. The summed E-state index contributed by atoms with van der Waals surface area (Å²) < 4.78 is 7.68. The maximum absolute atomic E-state index is 5.56. The number of aromatic nitrogens is 3. The minimum absolute atomic E-state index is 0.236. The second kappa shape index (κ2) is 5.57. The van der Waals surface area contributed by atoms with Gasteiger partial charge in [-0.05, 0) is 40.7 Å². The summed E-state index contributed by atoms with van der Waals surface area (Å²) in [6.45, 7) is 11.8. The summed E-state index contributed by atoms with van der Waals surface area (Å²) in [5.41, 5.74) is 1.21. The van der Waals surface area contributed by atoms with Crippen LogP contribution >= 0.6 is 0 Å². The number of hydrogen-bond acceptors (Lipinski definition) is 4. The van der Waals surface area contributed by atoms with Crippen molar-refractivity contribution in [1.82, 2.24) is 20.1 Å². The number of rotatable bonds is 5. The molecule has 0 aliphatic carbocycles. The number of hydrogen-bond donors (Lipinski definition) is 1. The molecule has 0 unspecified atom stereocenters. The normalized spacial score (nSPS) is 12.9. The van der Waals surface area contributed by atoms with Gasteiger partial charge >= 0.3 is 0 Å². The number of aryl methyl sites for hydroxylation is 3. The van der Waals surface area contributed by atoms with Crippen molar-refractivity contribution < 1.29 is 4.42 Å². The van der Waals surface area contributed by atoms with Gasteiger partial charge in [-0.15, -0.1) is 10.2 Å². The summed E-state index contributed by atoms with van der Waals surface area (Å²) in [5, 5.41) is 11.8. The highest BCUT2D eigenvalue weighted by molar-refractivity contribution is 5.23. The van der Waals surface area contributed by atoms with Crippen LogP contribution < -0.4 is 5.32 Å². The monoisotopic (exact) mass is 262 g/mol. The van der Waals surface area contributed by atoms with Crippen LogP contribution in [0.5, 0.6) is 0 Å². The third kappa shape index (κ3) is 2.87. The molecule has 2 rings (SSSR count). The molecule has 2 aromatic rings. The summed E-state index contributed by atoms with van der Waals surface area (Å²) in [6.07, 6.45) is 0. The SMILES string of the molecule is CCn1c(C)nnc1CN[C@H](C)c1cc(C)oc1C. The van der Waals surface area contributed by atoms with E-state index in [0.717, 1.165) is 29.7 Å². The van der Waals surface area contributed by atoms with Crippen molar-refractivity contribution in [1.29, 1.82) is 0 Å². The van der Waals surface area contributed by atoms with Crippen molar-refractivity contribution in [2.75, 3.05) is 0 Å². The van der Waals surface area contributed by atoms with Crippen molar-refractivity contribution >= 4 is 0 Å². The molecule has 0 saturated carbocycles. The first-order valence-electron chi connectivity index (χ1n) is 6.72. The standard InChI is InChI=1S/C14H22N4O/c1-6-18-12(5)16-17-14(18)8-15-10(3)13-7-9(2)19-11(13)4/h7,10,15H,6,8H2,1-5H3/t10-/m1/s1. The fraction of sp³-hybridized carbons (Fsp3) is 0.571. The highest BCUT2D eigenvalue weighted by atomic mass is 16.3. The van der Waals surface area contributed by atoms with Crippen LogP contribution in [-0.4, -0.2) is 14.8 Å². The van der Waals surface area contributed by atoms with E-state index in [1.807, 2.05) is 20.8 Å². The van der Waals surface area contributed by atoms with Crippen LogP contribution in [0.15, 0.2) is 10.5 Å². The van der Waals surface area contributed by atoms with E-state index >= 15 is 0 Å². The van der Waals surface area contributed by atoms with Gasteiger partial charge < -0.3 is 14.3 Å². The summed E-state index contributed by atoms with van der Waals surface area (Å²) in [6, 6.07) is 2.32. The molecule has 0 bridgehead atoms. The van der Waals surface area contributed by atoms with E-state index in [4.69, 9.17) is 4.42 Å². The van der Waals surface area contributed by atoms with Crippen molar-refractivity contribution in [3.63, 3.8) is 0 Å². The van der Waals surface area contributed by atoms with Gasteiger partial charge in [0.25, 0.3) is 0 Å². The Bertz CT molecular complexity index is 556. The molecular formula is C14H22N4O. The van der Waals surface area contributed by atoms with Gasteiger partial charge in [-0.1, -0.05) is 0 Å². The molecule has 1 N–H and O–H groups in total. The Morgan fingerprint density at radius 2 is 2.05 bits per heavy atom. The minimum Gasteiger partial charge on any atom is -0.466 e. The van der Waals surface area contributed by atoms with Crippen LogP contribution in [0.25, 0.3) is 0 Å². The Labute approximate surface area is 114 Å². The lowest BCUT2D eigenvalue weighted by atomic mass is 10.1. The van der Waals surface area contributed by atoms with Crippen molar-refractivity contribution in [3.8, 4) is 0 Å². The Balaban J connectivity index is 2.04. The molecule has 104 valence electrons. The molecule has 5 heteroatoms. The number of nitrogens with zero attached hydrogens (tertiary/aromatic N) is 3. The van der Waals surface area contributed by atoms with Crippen LogP contribution in [0.2, 0.25) is 0 Å². The van der Waals surface area contributed by atoms with Gasteiger partial charge in [-0.3, -0.25) is 0 Å². The lowest BCUT2D eigenvalue weighted by Gasteiger charge is -2.13. The van der Waals surface area contributed by atoms with Gasteiger partial charge in [-0.2, -0.15) is 0 Å². The molecule has 5 nitrogen and oxygen atoms in total. The molecule has 0 spiro atoms. The van der Waals surface area contributed by atoms with E-state index in [2.05, 4.69) is 40.0 Å². The summed E-state index contributed by atoms with van der Waals surface area (Å²) >= 11 is 0. The van der Waals surface area contributed by atoms with Crippen molar-refractivity contribution in [2.24, 2.45) is 0 Å². The van der Waals surface area contributed by atoms with Gasteiger partial charge in [-0.25, -0.2) is 0 Å². The maximum Gasteiger partial charge on any atom is 0.147 e. The van der Waals surface area contributed by atoms with Gasteiger partial charge in [0, 0.05) is 18.2 Å². The van der Waals surface area contributed by atoms with Crippen LogP contribution in [0.4, 0.5) is 0 Å². The predicted octanol–water partition coefficient (Wildman–Crippen LogP) is 2.67. The molecule has 1 atom stereocenters. The average Bonchev–Trinajstić information content (AvgIpc) is 2.89. The third-order valence-electron chi connectivity index (χ3n) is 3.44. The highest BCUT2D eigenvalue weighted by Crippen LogP contribution is 2.21. The third-order valence-corrected chi connectivity index (χ3v) is 3.44. The number of nitrogens with one attached hydrogen (secondary N) is 1. The maximum atomic E-state index is 5.56. The molecular weight excluding hydrogens is 240 g/mol. The molecule has 0 aliphatic heterocycles. The van der Waals surface area contributed by atoms with E-state index in [-0.39, 0.29) is 6.04 Å². The summed E-state index contributed by atoms with van der Waals surface area (Å²) in [5.74, 6) is 3.87. The quantitative estimate of drug-likeness (QED) is 0.900. The highest BCUT2D eigenvalue weighted by Gasteiger charge is 2.14. The summed E-state index contributed by atoms with van der Waals surface area (Å²) in [7, 11) is 0. The molecule has 0 amide bonds. The first kappa shape index (κ1) is 13.8. The zero-order chi connectivity index (χ0) is 14.0. The van der Waals surface area contributed by atoms with Crippen LogP contribution in [0.3, 0.4) is 0 Å². The molecule has 19 heavy (non-hydrogen) atoms. The van der Waals surface area contributed by atoms with Gasteiger partial charge in [0.05, 0.1) is 6.54 Å². The Morgan fingerprint density at radius 3 is 2.63 bits per heavy atom. The lowest BCUT2D eigenvalue weighted by Crippen LogP contribution is -2.21. The van der Waals surface area contributed by atoms with E-state index in [1.54, 1.807) is 0 Å². The second-order valence-corrected chi connectivity index (χ2v) is 4.88. The molecule has 0 fully saturated rings. The molecule has 0 saturated heterocycles. The van der Waals surface area contributed by atoms with Crippen LogP contribution in [0.1, 0.15) is 48.6 Å². The Kier molecular flexibility index (Phi) is 4.04. The van der Waals surface area contributed by atoms with E-state index < -0.39 is 0 Å². The molecule has 0 aliphatic rings. The van der Waals surface area contributed by atoms with Crippen molar-refractivity contribution in [2.45, 2.75) is 53.8 Å². The van der Waals surface area contributed by atoms with Crippen LogP contribution in [0, 0.1) is 20.8 Å². The topological polar surface area (TPSA) is 55.9 Å². The number of furan rings is 1. The fourth-order valence-corrected chi connectivity index (χ4v) is 2.40. The largest absolute Gasteiger partial charge is 0.466 e. The van der Waals surface area contributed by atoms with Gasteiger partial charge in [0.15, 0.2) is 0 Å². The zero-order valence-electron chi connectivity index (χ0n) is 12.3. The Morgan fingerprint density at radius 1 is 1.32 bits per heavy atom. The smallest absolute Gasteiger partial charge is 0.147 e. The van der Waals surface area contributed by atoms with Gasteiger partial charge in [0.1, 0.15) is 23.2 Å². The fourth-order valence-electron chi connectivity index (χ4n) is 2.40. The minimum atomic E-state index is 0.236.